The molecule has 10 nitrogen and oxygen atoms in total. The Hall–Kier alpha value is -3.24. The van der Waals surface area contributed by atoms with E-state index in [1.54, 1.807) is 0 Å². The summed E-state index contributed by atoms with van der Waals surface area (Å²) >= 11 is 0. The van der Waals surface area contributed by atoms with E-state index in [-0.39, 0.29) is 23.2 Å². The highest BCUT2D eigenvalue weighted by Gasteiger charge is 2.36. The Bertz CT molecular complexity index is 1290. The van der Waals surface area contributed by atoms with Gasteiger partial charge in [0.15, 0.2) is 12.3 Å². The zero-order valence-corrected chi connectivity index (χ0v) is 28.1. The summed E-state index contributed by atoms with van der Waals surface area (Å²) in [7, 11) is 0. The Kier molecular flexibility index (Phi) is 9.64. The average Bonchev–Trinajstić information content (AvgIpc) is 3.55. The van der Waals surface area contributed by atoms with Crippen molar-refractivity contribution in [3.05, 3.63) is 69.8 Å². The fraction of sp³-hybridized carbons (Fsp3) is 0.625. The van der Waals surface area contributed by atoms with Crippen molar-refractivity contribution in [2.24, 2.45) is 10.8 Å². The number of hydrogen-bond acceptors (Lipinski definition) is 6. The van der Waals surface area contributed by atoms with Gasteiger partial charge < -0.3 is 10.2 Å². The van der Waals surface area contributed by atoms with Crippen LogP contribution in [-0.4, -0.2) is 61.5 Å². The van der Waals surface area contributed by atoms with Gasteiger partial charge in [0.1, 0.15) is 12.2 Å². The minimum Gasteiger partial charge on any atom is -0.388 e. The summed E-state index contributed by atoms with van der Waals surface area (Å²) < 4.78 is 7.52. The first-order valence-electron chi connectivity index (χ1n) is 14.7. The van der Waals surface area contributed by atoms with Crippen LogP contribution in [0.5, 0.6) is 0 Å². The number of nitrogens with zero attached hydrogens (tertiary/aromatic N) is 8. The maximum Gasteiger partial charge on any atom is 0.170 e. The van der Waals surface area contributed by atoms with Gasteiger partial charge in [-0.3, -0.25) is 0 Å². The third-order valence-corrected chi connectivity index (χ3v) is 7.52. The zero-order valence-electron chi connectivity index (χ0n) is 28.1. The van der Waals surface area contributed by atoms with Crippen molar-refractivity contribution in [1.29, 1.82) is 0 Å². The van der Waals surface area contributed by atoms with E-state index in [4.69, 9.17) is 0 Å². The lowest BCUT2D eigenvalue weighted by atomic mass is 9.87. The molecule has 2 atom stereocenters. The molecule has 0 aliphatic heterocycles. The quantitative estimate of drug-likeness (QED) is 0.310. The molecular formula is C32H52N8O2. The molecule has 0 aliphatic carbocycles. The van der Waals surface area contributed by atoms with E-state index in [1.165, 1.54) is 0 Å². The second kappa shape index (κ2) is 12.2. The monoisotopic (exact) mass is 580 g/mol. The molecule has 4 aromatic rings. The molecule has 0 saturated heterocycles. The van der Waals surface area contributed by atoms with Crippen LogP contribution in [0.15, 0.2) is 24.3 Å². The first-order valence-corrected chi connectivity index (χ1v) is 14.7. The molecule has 0 unspecified atom stereocenters. The largest absolute Gasteiger partial charge is 0.388 e. The van der Waals surface area contributed by atoms with Gasteiger partial charge in [-0.05, 0) is 90.5 Å². The predicted molar refractivity (Wildman–Crippen MR) is 167 cm³/mol. The van der Waals surface area contributed by atoms with Crippen molar-refractivity contribution in [1.82, 2.24) is 39.1 Å². The van der Waals surface area contributed by atoms with Gasteiger partial charge in [0, 0.05) is 22.8 Å². The third kappa shape index (κ3) is 7.21. The highest BCUT2D eigenvalue weighted by molar-refractivity contribution is 5.14. The Morgan fingerprint density at radius 2 is 0.643 bits per heavy atom. The third-order valence-electron chi connectivity index (χ3n) is 7.52. The minimum absolute atomic E-state index is 0.275. The van der Waals surface area contributed by atoms with Gasteiger partial charge in [-0.1, -0.05) is 41.5 Å². The molecule has 0 fully saturated rings. The summed E-state index contributed by atoms with van der Waals surface area (Å²) in [4.78, 5) is 0. The van der Waals surface area contributed by atoms with E-state index in [9.17, 15) is 10.2 Å². The molecular weight excluding hydrogens is 528 g/mol. The summed E-state index contributed by atoms with van der Waals surface area (Å²) in [5.41, 5.74) is 7.32. The van der Waals surface area contributed by atoms with Crippen molar-refractivity contribution in [3.8, 4) is 0 Å². The number of hydrogen-bond donors (Lipinski definition) is 2. The predicted octanol–water partition coefficient (Wildman–Crippen LogP) is 5.53. The Morgan fingerprint density at radius 1 is 0.452 bits per heavy atom. The fourth-order valence-corrected chi connectivity index (χ4v) is 5.29. The highest BCUT2D eigenvalue weighted by atomic mass is 16.3. The van der Waals surface area contributed by atoms with Gasteiger partial charge >= 0.3 is 0 Å². The number of aliphatic hydroxyl groups is 2. The van der Waals surface area contributed by atoms with Crippen molar-refractivity contribution in [2.45, 2.75) is 121 Å². The molecule has 0 spiro atoms. The van der Waals surface area contributed by atoms with E-state index >= 15 is 0 Å². The van der Waals surface area contributed by atoms with E-state index in [1.807, 2.05) is 140 Å². The topological polar surface area (TPSA) is 112 Å². The van der Waals surface area contributed by atoms with Crippen LogP contribution in [0.4, 0.5) is 0 Å². The average molecular weight is 581 g/mol. The lowest BCUT2D eigenvalue weighted by Crippen LogP contribution is -2.41. The van der Waals surface area contributed by atoms with Crippen LogP contribution in [0.2, 0.25) is 0 Å². The molecule has 0 aliphatic rings. The first-order chi connectivity index (χ1) is 19.2. The normalized spacial score (nSPS) is 14.0. The summed E-state index contributed by atoms with van der Waals surface area (Å²) in [5, 5.41) is 40.1. The van der Waals surface area contributed by atoms with E-state index in [2.05, 4.69) is 20.4 Å². The van der Waals surface area contributed by atoms with Gasteiger partial charge in [0.2, 0.25) is 0 Å². The van der Waals surface area contributed by atoms with Crippen molar-refractivity contribution < 1.29 is 10.2 Å². The molecule has 0 bridgehead atoms. The lowest BCUT2D eigenvalue weighted by Gasteiger charge is -2.34. The molecule has 4 rings (SSSR count). The van der Waals surface area contributed by atoms with Crippen LogP contribution in [0.1, 0.15) is 99.4 Å². The molecule has 4 heterocycles. The molecule has 42 heavy (non-hydrogen) atoms. The highest BCUT2D eigenvalue weighted by Crippen LogP contribution is 2.32. The fourth-order valence-electron chi connectivity index (χ4n) is 5.29. The number of aryl methyl sites for hydroxylation is 8. The summed E-state index contributed by atoms with van der Waals surface area (Å²) in [6.07, 6.45) is -1.89. The molecule has 0 aromatic carbocycles. The van der Waals surface area contributed by atoms with Crippen LogP contribution >= 0.6 is 0 Å². The summed E-state index contributed by atoms with van der Waals surface area (Å²) in [6, 6.07) is 8.09. The number of aromatic nitrogens is 8. The molecule has 4 aromatic heterocycles. The van der Waals surface area contributed by atoms with Crippen LogP contribution < -0.4 is 0 Å². The van der Waals surface area contributed by atoms with Crippen LogP contribution in [-0.2, 0) is 0 Å². The molecule has 232 valence electrons. The Balaban J connectivity index is 0.000000230. The van der Waals surface area contributed by atoms with Gasteiger partial charge in [0.05, 0.1) is 22.8 Å². The van der Waals surface area contributed by atoms with Gasteiger partial charge in [-0.2, -0.15) is 20.4 Å². The second-order valence-corrected chi connectivity index (χ2v) is 13.9. The van der Waals surface area contributed by atoms with Crippen molar-refractivity contribution >= 4 is 0 Å². The molecule has 10 heteroatoms. The Labute approximate surface area is 251 Å². The SMILES string of the molecule is Cc1cc(C)n(C([C@@H](O)C(C)(C)C)n2nc(C)cc2C)n1.Cc1cc(C)n(C([C@@H](O)C(C)(C)C)n2nc(C)cc2C)n1. The van der Waals surface area contributed by atoms with Gasteiger partial charge in [-0.25, -0.2) is 18.7 Å². The second-order valence-electron chi connectivity index (χ2n) is 13.9. The van der Waals surface area contributed by atoms with Crippen molar-refractivity contribution in [2.75, 3.05) is 0 Å². The first kappa shape index (κ1) is 33.3. The van der Waals surface area contributed by atoms with E-state index < -0.39 is 12.2 Å². The zero-order chi connectivity index (χ0) is 31.9. The van der Waals surface area contributed by atoms with Gasteiger partial charge in [0.25, 0.3) is 0 Å². The number of aliphatic hydroxyl groups excluding tert-OH is 2. The molecule has 0 radical (unpaired) electrons. The van der Waals surface area contributed by atoms with E-state index in [0.29, 0.717) is 0 Å². The number of rotatable bonds is 6. The summed E-state index contributed by atoms with van der Waals surface area (Å²) in [6.45, 7) is 28.1. The van der Waals surface area contributed by atoms with Crippen molar-refractivity contribution in [3.63, 3.8) is 0 Å². The molecule has 0 amide bonds. The smallest absolute Gasteiger partial charge is 0.170 e. The maximum atomic E-state index is 10.9. The van der Waals surface area contributed by atoms with E-state index in [0.717, 1.165) is 45.6 Å². The van der Waals surface area contributed by atoms with Gasteiger partial charge in [-0.15, -0.1) is 0 Å². The van der Waals surface area contributed by atoms with Crippen LogP contribution in [0, 0.1) is 66.2 Å². The van der Waals surface area contributed by atoms with Crippen LogP contribution in [0.25, 0.3) is 0 Å². The van der Waals surface area contributed by atoms with Crippen LogP contribution in [0.3, 0.4) is 0 Å². The molecule has 0 saturated carbocycles. The summed E-state index contributed by atoms with van der Waals surface area (Å²) in [5.74, 6) is 0. The maximum absolute atomic E-state index is 10.9. The minimum atomic E-state index is -0.603. The Morgan fingerprint density at radius 3 is 0.762 bits per heavy atom. The lowest BCUT2D eigenvalue weighted by molar-refractivity contribution is -0.00449. The standard InChI is InChI=1S/2C16H26N4O/c2*1-10-8-12(3)19(17-10)15(14(21)16(5,6)7)20-13(4)9-11(2)18-20/h2*8-9,14-15,21H,1-7H3/t2*14-/m11/s1. The molecule has 2 N–H and O–H groups in total.